The minimum absolute atomic E-state index is 0.286. The number of nitrogens with two attached hydrogens (primary N) is 1. The standard InChI is InChI=1S/C9H19NO2/c1-5-9(4,6(2)3)7(10)8(11)12/h6-7H,5,10H2,1-4H3,(H,11,12). The van der Waals surface area contributed by atoms with E-state index in [1.165, 1.54) is 0 Å². The first kappa shape index (κ1) is 11.4. The first-order valence-electron chi connectivity index (χ1n) is 4.34. The molecule has 0 saturated carbocycles. The van der Waals surface area contributed by atoms with Crippen molar-refractivity contribution >= 4 is 5.97 Å². The van der Waals surface area contributed by atoms with Gasteiger partial charge in [-0.3, -0.25) is 4.79 Å². The van der Waals surface area contributed by atoms with Crippen LogP contribution in [0.1, 0.15) is 34.1 Å². The molecule has 0 amide bonds. The van der Waals surface area contributed by atoms with Gasteiger partial charge in [0, 0.05) is 0 Å². The van der Waals surface area contributed by atoms with Crippen LogP contribution in [0.15, 0.2) is 0 Å². The number of hydrogen-bond donors (Lipinski definition) is 2. The van der Waals surface area contributed by atoms with E-state index in [4.69, 9.17) is 10.8 Å². The minimum atomic E-state index is -0.909. The van der Waals surface area contributed by atoms with Crippen LogP contribution in [0.5, 0.6) is 0 Å². The Hall–Kier alpha value is -0.570. The zero-order chi connectivity index (χ0) is 9.94. The molecule has 0 saturated heterocycles. The fraction of sp³-hybridized carbons (Fsp3) is 0.889. The van der Waals surface area contributed by atoms with E-state index >= 15 is 0 Å². The summed E-state index contributed by atoms with van der Waals surface area (Å²) >= 11 is 0. The highest BCUT2D eigenvalue weighted by atomic mass is 16.4. The summed E-state index contributed by atoms with van der Waals surface area (Å²) < 4.78 is 0. The highest BCUT2D eigenvalue weighted by Crippen LogP contribution is 2.33. The van der Waals surface area contributed by atoms with Gasteiger partial charge in [-0.05, 0) is 17.8 Å². The maximum atomic E-state index is 10.7. The van der Waals surface area contributed by atoms with E-state index in [2.05, 4.69) is 0 Å². The number of carboxylic acids is 1. The van der Waals surface area contributed by atoms with Gasteiger partial charge in [0.25, 0.3) is 0 Å². The van der Waals surface area contributed by atoms with Crippen molar-refractivity contribution in [3.05, 3.63) is 0 Å². The molecule has 0 rings (SSSR count). The molecule has 0 bridgehead atoms. The van der Waals surface area contributed by atoms with Crippen LogP contribution in [0.2, 0.25) is 0 Å². The van der Waals surface area contributed by atoms with Crippen LogP contribution in [0, 0.1) is 11.3 Å². The van der Waals surface area contributed by atoms with Gasteiger partial charge in [0.1, 0.15) is 6.04 Å². The molecule has 3 nitrogen and oxygen atoms in total. The van der Waals surface area contributed by atoms with Crippen LogP contribution in [-0.2, 0) is 4.79 Å². The van der Waals surface area contributed by atoms with Crippen molar-refractivity contribution < 1.29 is 9.90 Å². The lowest BCUT2D eigenvalue weighted by atomic mass is 9.71. The Labute approximate surface area is 74.0 Å². The molecular formula is C9H19NO2. The van der Waals surface area contributed by atoms with Gasteiger partial charge in [-0.25, -0.2) is 0 Å². The second-order valence-electron chi connectivity index (χ2n) is 3.83. The summed E-state index contributed by atoms with van der Waals surface area (Å²) in [6.45, 7) is 7.91. The Balaban J connectivity index is 4.62. The molecule has 2 unspecified atom stereocenters. The summed E-state index contributed by atoms with van der Waals surface area (Å²) in [4.78, 5) is 10.7. The second kappa shape index (κ2) is 3.90. The average molecular weight is 173 g/mol. The molecule has 3 N–H and O–H groups in total. The number of hydrogen-bond acceptors (Lipinski definition) is 2. The van der Waals surface area contributed by atoms with Crippen molar-refractivity contribution in [2.75, 3.05) is 0 Å². The molecule has 0 radical (unpaired) electrons. The number of aliphatic carboxylic acids is 1. The molecule has 0 fully saturated rings. The smallest absolute Gasteiger partial charge is 0.321 e. The van der Waals surface area contributed by atoms with Crippen LogP contribution in [-0.4, -0.2) is 17.1 Å². The molecular weight excluding hydrogens is 154 g/mol. The fourth-order valence-corrected chi connectivity index (χ4v) is 1.27. The second-order valence-corrected chi connectivity index (χ2v) is 3.83. The van der Waals surface area contributed by atoms with E-state index in [-0.39, 0.29) is 11.3 Å². The molecule has 0 aromatic heterocycles. The summed E-state index contributed by atoms with van der Waals surface area (Å²) in [5.74, 6) is -0.623. The topological polar surface area (TPSA) is 63.3 Å². The zero-order valence-electron chi connectivity index (χ0n) is 8.29. The predicted octanol–water partition coefficient (Wildman–Crippen LogP) is 1.47. The van der Waals surface area contributed by atoms with Gasteiger partial charge in [0.05, 0.1) is 0 Å². The molecule has 3 heteroatoms. The largest absolute Gasteiger partial charge is 0.480 e. The Kier molecular flexibility index (Phi) is 3.71. The van der Waals surface area contributed by atoms with Gasteiger partial charge in [0.2, 0.25) is 0 Å². The van der Waals surface area contributed by atoms with Crippen molar-refractivity contribution in [3.63, 3.8) is 0 Å². The van der Waals surface area contributed by atoms with Crippen molar-refractivity contribution in [2.24, 2.45) is 17.1 Å². The Morgan fingerprint density at radius 2 is 2.00 bits per heavy atom. The molecule has 12 heavy (non-hydrogen) atoms. The molecule has 0 aromatic carbocycles. The molecule has 0 aromatic rings. The summed E-state index contributed by atoms with van der Waals surface area (Å²) in [6, 6.07) is -0.762. The normalized spacial score (nSPS) is 18.8. The molecule has 2 atom stereocenters. The van der Waals surface area contributed by atoms with E-state index in [0.29, 0.717) is 0 Å². The van der Waals surface area contributed by atoms with Crippen molar-refractivity contribution in [2.45, 2.75) is 40.2 Å². The van der Waals surface area contributed by atoms with Crippen LogP contribution in [0.4, 0.5) is 0 Å². The molecule has 0 heterocycles. The minimum Gasteiger partial charge on any atom is -0.480 e. The van der Waals surface area contributed by atoms with Crippen LogP contribution < -0.4 is 5.73 Å². The lowest BCUT2D eigenvalue weighted by Gasteiger charge is -2.35. The van der Waals surface area contributed by atoms with E-state index in [9.17, 15) is 4.79 Å². The van der Waals surface area contributed by atoms with Gasteiger partial charge in [-0.1, -0.05) is 27.7 Å². The quantitative estimate of drug-likeness (QED) is 0.676. The third-order valence-corrected chi connectivity index (χ3v) is 3.06. The third kappa shape index (κ3) is 1.97. The van der Waals surface area contributed by atoms with Gasteiger partial charge in [-0.15, -0.1) is 0 Å². The molecule has 0 aliphatic heterocycles. The molecule has 0 aliphatic carbocycles. The first-order chi connectivity index (χ1) is 5.36. The summed E-state index contributed by atoms with van der Waals surface area (Å²) in [5.41, 5.74) is 5.31. The Morgan fingerprint density at radius 1 is 1.58 bits per heavy atom. The third-order valence-electron chi connectivity index (χ3n) is 3.06. The summed E-state index contributed by atoms with van der Waals surface area (Å²) in [7, 11) is 0. The van der Waals surface area contributed by atoms with Crippen LogP contribution >= 0.6 is 0 Å². The summed E-state index contributed by atoms with van der Waals surface area (Å²) in [6.07, 6.45) is 0.790. The maximum Gasteiger partial charge on any atom is 0.321 e. The summed E-state index contributed by atoms with van der Waals surface area (Å²) in [5, 5.41) is 8.77. The van der Waals surface area contributed by atoms with Crippen LogP contribution in [0.3, 0.4) is 0 Å². The SMILES string of the molecule is CCC(C)(C(C)C)C(N)C(=O)O. The highest BCUT2D eigenvalue weighted by molar-refractivity contribution is 5.74. The number of rotatable bonds is 4. The maximum absolute atomic E-state index is 10.7. The van der Waals surface area contributed by atoms with Crippen molar-refractivity contribution in [1.29, 1.82) is 0 Å². The van der Waals surface area contributed by atoms with Crippen molar-refractivity contribution in [3.8, 4) is 0 Å². The lowest BCUT2D eigenvalue weighted by Crippen LogP contribution is -2.48. The molecule has 0 spiro atoms. The van der Waals surface area contributed by atoms with E-state index in [1.807, 2.05) is 27.7 Å². The number of carbonyl (C=O) groups is 1. The van der Waals surface area contributed by atoms with E-state index < -0.39 is 12.0 Å². The van der Waals surface area contributed by atoms with Gasteiger partial charge in [0.15, 0.2) is 0 Å². The van der Waals surface area contributed by atoms with Gasteiger partial charge < -0.3 is 10.8 Å². The molecule has 0 aliphatic rings. The predicted molar refractivity (Wildman–Crippen MR) is 48.8 cm³/mol. The van der Waals surface area contributed by atoms with Crippen LogP contribution in [0.25, 0.3) is 0 Å². The number of carboxylic acid groups (broad SMARTS) is 1. The highest BCUT2D eigenvalue weighted by Gasteiger charge is 2.37. The zero-order valence-corrected chi connectivity index (χ0v) is 8.29. The monoisotopic (exact) mass is 173 g/mol. The average Bonchev–Trinajstić information content (AvgIpc) is 2.01. The van der Waals surface area contributed by atoms with Gasteiger partial charge in [-0.2, -0.15) is 0 Å². The fourth-order valence-electron chi connectivity index (χ4n) is 1.27. The van der Waals surface area contributed by atoms with Crippen molar-refractivity contribution in [1.82, 2.24) is 0 Å². The van der Waals surface area contributed by atoms with Gasteiger partial charge >= 0.3 is 5.97 Å². The van der Waals surface area contributed by atoms with E-state index in [0.717, 1.165) is 6.42 Å². The first-order valence-corrected chi connectivity index (χ1v) is 4.34. The van der Waals surface area contributed by atoms with E-state index in [1.54, 1.807) is 0 Å². The molecule has 72 valence electrons. The lowest BCUT2D eigenvalue weighted by molar-refractivity contribution is -0.142. The Bertz CT molecular complexity index is 168. The Morgan fingerprint density at radius 3 is 2.08 bits per heavy atom.